The Kier molecular flexibility index (Phi) is 9.56. The maximum absolute atomic E-state index is 13.1. The lowest BCUT2D eigenvalue weighted by molar-refractivity contribution is -0.120. The minimum Gasteiger partial charge on any atom is -0.444 e. The van der Waals surface area contributed by atoms with Crippen LogP contribution in [0.2, 0.25) is 0 Å². The Hall–Kier alpha value is -4.73. The molecule has 246 valence electrons. The van der Waals surface area contributed by atoms with Gasteiger partial charge in [0.2, 0.25) is 17.7 Å². The molecule has 1 saturated heterocycles. The SMILES string of the molecule is Cc1ccc2c(NC(=O)C3CCCCC3)cccc2c1Oc1ncccc1-c1ccnc(NC2CCCN(C(=O)OC(C)(C)C)C2)n1. The largest absolute Gasteiger partial charge is 0.444 e. The Labute approximate surface area is 276 Å². The molecular formula is C37H44N6O4. The summed E-state index contributed by atoms with van der Waals surface area (Å²) in [7, 11) is 0. The van der Waals surface area contributed by atoms with Crippen molar-refractivity contribution in [3.05, 3.63) is 66.5 Å². The van der Waals surface area contributed by atoms with Gasteiger partial charge in [-0.15, -0.1) is 0 Å². The fourth-order valence-corrected chi connectivity index (χ4v) is 6.40. The van der Waals surface area contributed by atoms with E-state index in [1.165, 1.54) is 6.42 Å². The van der Waals surface area contributed by atoms with Gasteiger partial charge in [-0.05, 0) is 83.2 Å². The Bertz CT molecular complexity index is 1750. The first-order valence-corrected chi connectivity index (χ1v) is 16.7. The van der Waals surface area contributed by atoms with Crippen molar-refractivity contribution >= 4 is 34.4 Å². The fourth-order valence-electron chi connectivity index (χ4n) is 6.40. The van der Waals surface area contributed by atoms with Crippen LogP contribution in [0, 0.1) is 12.8 Å². The van der Waals surface area contributed by atoms with Gasteiger partial charge in [-0.3, -0.25) is 4.79 Å². The molecule has 10 heteroatoms. The number of likely N-dealkylation sites (tertiary alicyclic amines) is 1. The number of benzene rings is 2. The second kappa shape index (κ2) is 13.9. The van der Waals surface area contributed by atoms with E-state index in [4.69, 9.17) is 14.5 Å². The minimum atomic E-state index is -0.546. The van der Waals surface area contributed by atoms with Crippen LogP contribution in [0.5, 0.6) is 11.6 Å². The lowest BCUT2D eigenvalue weighted by Gasteiger charge is -2.34. The predicted octanol–water partition coefficient (Wildman–Crippen LogP) is 8.12. The second-order valence-electron chi connectivity index (χ2n) is 13.6. The molecule has 1 aliphatic carbocycles. The zero-order chi connectivity index (χ0) is 33.0. The summed E-state index contributed by atoms with van der Waals surface area (Å²) in [5.41, 5.74) is 2.56. The summed E-state index contributed by atoms with van der Waals surface area (Å²) in [5, 5.41) is 8.42. The molecule has 2 N–H and O–H groups in total. The van der Waals surface area contributed by atoms with E-state index in [2.05, 4.69) is 20.6 Å². The van der Waals surface area contributed by atoms with Crippen molar-refractivity contribution in [2.24, 2.45) is 5.92 Å². The van der Waals surface area contributed by atoms with Crippen molar-refractivity contribution in [3.63, 3.8) is 0 Å². The van der Waals surface area contributed by atoms with Crippen molar-refractivity contribution in [1.29, 1.82) is 0 Å². The van der Waals surface area contributed by atoms with Gasteiger partial charge in [0.05, 0.1) is 11.3 Å². The van der Waals surface area contributed by atoms with Crippen molar-refractivity contribution < 1.29 is 19.1 Å². The number of ether oxygens (including phenoxy) is 2. The molecule has 1 atom stereocenters. The van der Waals surface area contributed by atoms with Crippen molar-refractivity contribution in [3.8, 4) is 22.9 Å². The third-order valence-electron chi connectivity index (χ3n) is 8.75. The van der Waals surface area contributed by atoms with E-state index < -0.39 is 5.60 Å². The number of hydrogen-bond acceptors (Lipinski definition) is 8. The topological polar surface area (TPSA) is 119 Å². The van der Waals surface area contributed by atoms with E-state index in [0.29, 0.717) is 36.4 Å². The van der Waals surface area contributed by atoms with Crippen LogP contribution in [0.4, 0.5) is 16.4 Å². The van der Waals surface area contributed by atoms with Crippen LogP contribution in [0.25, 0.3) is 22.0 Å². The molecule has 2 aromatic carbocycles. The van der Waals surface area contributed by atoms with Gasteiger partial charge in [0.1, 0.15) is 11.4 Å². The summed E-state index contributed by atoms with van der Waals surface area (Å²) in [6.07, 6.45) is 10.1. The molecule has 1 saturated carbocycles. The highest BCUT2D eigenvalue weighted by Crippen LogP contribution is 2.39. The smallest absolute Gasteiger partial charge is 0.410 e. The molecular weight excluding hydrogens is 592 g/mol. The summed E-state index contributed by atoms with van der Waals surface area (Å²) < 4.78 is 12.2. The van der Waals surface area contributed by atoms with Gasteiger partial charge >= 0.3 is 6.09 Å². The fraction of sp³-hybridized carbons (Fsp3) is 0.432. The molecule has 2 amide bonds. The summed E-state index contributed by atoms with van der Waals surface area (Å²) in [4.78, 5) is 41.4. The van der Waals surface area contributed by atoms with Crippen molar-refractivity contribution in [2.75, 3.05) is 23.7 Å². The Morgan fingerprint density at radius 1 is 0.894 bits per heavy atom. The number of carbonyl (C=O) groups excluding carboxylic acids is 2. The number of aromatic nitrogens is 3. The summed E-state index contributed by atoms with van der Waals surface area (Å²) in [6, 6.07) is 15.5. The van der Waals surface area contributed by atoms with Crippen LogP contribution < -0.4 is 15.4 Å². The first-order valence-electron chi connectivity index (χ1n) is 16.7. The highest BCUT2D eigenvalue weighted by molar-refractivity contribution is 6.05. The van der Waals surface area contributed by atoms with Crippen molar-refractivity contribution in [1.82, 2.24) is 19.9 Å². The average molecular weight is 637 g/mol. The lowest BCUT2D eigenvalue weighted by Crippen LogP contribution is -2.47. The van der Waals surface area contributed by atoms with Gasteiger partial charge in [0.25, 0.3) is 0 Å². The van der Waals surface area contributed by atoms with Gasteiger partial charge in [0.15, 0.2) is 0 Å². The van der Waals surface area contributed by atoms with E-state index >= 15 is 0 Å². The number of nitrogens with zero attached hydrogens (tertiary/aromatic N) is 4. The highest BCUT2D eigenvalue weighted by atomic mass is 16.6. The van der Waals surface area contributed by atoms with Gasteiger partial charge in [-0.25, -0.2) is 19.7 Å². The quantitative estimate of drug-likeness (QED) is 0.209. The molecule has 6 rings (SSSR count). The standard InChI is InChI=1S/C37H44N6O4/c1-24-17-18-27-28(14-8-16-30(27)41-33(44)25-11-6-5-7-12-25)32(24)46-34-29(15-9-20-38-34)31-19-21-39-35(42-31)40-26-13-10-22-43(23-26)36(45)47-37(2,3)4/h8-9,14-21,25-26H,5-7,10-13,22-23H2,1-4H3,(H,41,44)(H,39,40,42). The van der Waals surface area contributed by atoms with Crippen LogP contribution in [-0.4, -0.2) is 56.6 Å². The predicted molar refractivity (Wildman–Crippen MR) is 184 cm³/mol. The third-order valence-corrected chi connectivity index (χ3v) is 8.75. The number of hydrogen-bond donors (Lipinski definition) is 2. The molecule has 0 spiro atoms. The van der Waals surface area contributed by atoms with Gasteiger partial charge in [0, 0.05) is 53.9 Å². The number of piperidine rings is 1. The van der Waals surface area contributed by atoms with Crippen LogP contribution in [0.1, 0.15) is 71.3 Å². The molecule has 2 fully saturated rings. The summed E-state index contributed by atoms with van der Waals surface area (Å²) in [5.74, 6) is 1.70. The van der Waals surface area contributed by atoms with Crippen LogP contribution in [0.3, 0.4) is 0 Å². The number of aryl methyl sites for hydroxylation is 1. The summed E-state index contributed by atoms with van der Waals surface area (Å²) >= 11 is 0. The Morgan fingerprint density at radius 2 is 1.72 bits per heavy atom. The van der Waals surface area contributed by atoms with E-state index in [-0.39, 0.29) is 24.0 Å². The number of amides is 2. The number of anilines is 2. The van der Waals surface area contributed by atoms with E-state index in [1.807, 2.05) is 76.2 Å². The number of pyridine rings is 1. The molecule has 1 aliphatic heterocycles. The molecule has 2 aromatic heterocycles. The molecule has 47 heavy (non-hydrogen) atoms. The first kappa shape index (κ1) is 32.2. The van der Waals surface area contributed by atoms with Crippen LogP contribution in [0.15, 0.2) is 60.9 Å². The van der Waals surface area contributed by atoms with E-state index in [9.17, 15) is 9.59 Å². The molecule has 0 radical (unpaired) electrons. The van der Waals surface area contributed by atoms with Gasteiger partial charge < -0.3 is 25.0 Å². The molecule has 2 aliphatic rings. The molecule has 10 nitrogen and oxygen atoms in total. The van der Waals surface area contributed by atoms with Crippen LogP contribution >= 0.6 is 0 Å². The Morgan fingerprint density at radius 3 is 2.53 bits per heavy atom. The average Bonchev–Trinajstić information content (AvgIpc) is 3.06. The molecule has 0 bridgehead atoms. The van der Waals surface area contributed by atoms with Gasteiger partial charge in [-0.2, -0.15) is 0 Å². The molecule has 1 unspecified atom stereocenters. The maximum Gasteiger partial charge on any atom is 0.410 e. The minimum absolute atomic E-state index is 0.0118. The Balaban J connectivity index is 1.22. The normalized spacial score (nSPS) is 17.3. The van der Waals surface area contributed by atoms with Crippen LogP contribution in [-0.2, 0) is 9.53 Å². The molecule has 4 aromatic rings. The van der Waals surface area contributed by atoms with Crippen molar-refractivity contribution in [2.45, 2.75) is 84.3 Å². The number of carbonyl (C=O) groups is 2. The second-order valence-corrected chi connectivity index (χ2v) is 13.6. The third kappa shape index (κ3) is 7.81. The van der Waals surface area contributed by atoms with E-state index in [1.54, 1.807) is 17.3 Å². The van der Waals surface area contributed by atoms with E-state index in [0.717, 1.165) is 66.1 Å². The zero-order valence-electron chi connectivity index (χ0n) is 27.7. The lowest BCUT2D eigenvalue weighted by atomic mass is 9.88. The number of fused-ring (bicyclic) bond motifs is 1. The zero-order valence-corrected chi connectivity index (χ0v) is 27.7. The first-order chi connectivity index (χ1) is 22.6. The monoisotopic (exact) mass is 636 g/mol. The number of nitrogens with one attached hydrogen (secondary N) is 2. The molecule has 3 heterocycles. The highest BCUT2D eigenvalue weighted by Gasteiger charge is 2.28. The maximum atomic E-state index is 13.1. The number of rotatable bonds is 7. The van der Waals surface area contributed by atoms with Gasteiger partial charge in [-0.1, -0.05) is 43.5 Å². The summed E-state index contributed by atoms with van der Waals surface area (Å²) in [6.45, 7) is 8.79.